The summed E-state index contributed by atoms with van der Waals surface area (Å²) in [7, 11) is 0. The third-order valence-corrected chi connectivity index (χ3v) is 5.12. The number of thioether (sulfide) groups is 1. The van der Waals surface area contributed by atoms with Gasteiger partial charge >= 0.3 is 0 Å². The molecule has 0 spiro atoms. The van der Waals surface area contributed by atoms with E-state index in [0.717, 1.165) is 21.0 Å². The first-order valence-corrected chi connectivity index (χ1v) is 9.29. The molecule has 0 unspecified atom stereocenters. The summed E-state index contributed by atoms with van der Waals surface area (Å²) in [6.07, 6.45) is 1.71. The van der Waals surface area contributed by atoms with E-state index in [-0.39, 0.29) is 5.56 Å². The average Bonchev–Trinajstić information content (AvgIpc) is 2.97. The van der Waals surface area contributed by atoms with Crippen molar-refractivity contribution in [2.75, 3.05) is 0 Å². The molecule has 0 atom stereocenters. The number of rotatable bonds is 3. The van der Waals surface area contributed by atoms with Crippen molar-refractivity contribution in [1.82, 2.24) is 29.0 Å². The van der Waals surface area contributed by atoms with Crippen molar-refractivity contribution in [3.63, 3.8) is 0 Å². The third-order valence-electron chi connectivity index (χ3n) is 3.69. The molecule has 4 heterocycles. The zero-order valence-electron chi connectivity index (χ0n) is 13.5. The Morgan fingerprint density at radius 2 is 2.00 bits per heavy atom. The largest absolute Gasteiger partial charge is 0.269 e. The Bertz CT molecular complexity index is 1170. The summed E-state index contributed by atoms with van der Waals surface area (Å²) in [5.74, 6) is 1.10. The molecule has 0 aliphatic rings. The van der Waals surface area contributed by atoms with E-state index in [1.165, 1.54) is 16.2 Å². The fraction of sp³-hybridized carbons (Fsp3) is 0.188. The minimum Gasteiger partial charge on any atom is -0.269 e. The fourth-order valence-corrected chi connectivity index (χ4v) is 3.85. The molecule has 0 radical (unpaired) electrons. The maximum Gasteiger partial charge on any atom is 0.258 e. The van der Waals surface area contributed by atoms with Gasteiger partial charge in [-0.25, -0.2) is 9.97 Å². The van der Waals surface area contributed by atoms with Gasteiger partial charge in [0.05, 0.1) is 5.69 Å². The van der Waals surface area contributed by atoms with Gasteiger partial charge in [-0.2, -0.15) is 0 Å². The van der Waals surface area contributed by atoms with Crippen LogP contribution in [-0.4, -0.2) is 29.0 Å². The van der Waals surface area contributed by atoms with Crippen LogP contribution in [0.15, 0.2) is 44.9 Å². The molecule has 7 nitrogen and oxygen atoms in total. The summed E-state index contributed by atoms with van der Waals surface area (Å²) in [6, 6.07) is 7.20. The Balaban J connectivity index is 1.67. The number of fused-ring (bicyclic) bond motifs is 2. The topological polar surface area (TPSA) is 77.5 Å². The van der Waals surface area contributed by atoms with Gasteiger partial charge in [0, 0.05) is 33.9 Å². The Morgan fingerprint density at radius 3 is 2.84 bits per heavy atom. The molecular formula is C16H13BrN6OS. The van der Waals surface area contributed by atoms with Gasteiger partial charge in [0.25, 0.3) is 11.3 Å². The molecule has 0 fully saturated rings. The first-order valence-electron chi connectivity index (χ1n) is 7.51. The zero-order chi connectivity index (χ0) is 17.6. The molecule has 0 aliphatic carbocycles. The molecular weight excluding hydrogens is 404 g/mol. The maximum absolute atomic E-state index is 12.3. The molecule has 0 aromatic carbocycles. The summed E-state index contributed by atoms with van der Waals surface area (Å²) in [4.78, 5) is 21.2. The molecule has 0 amide bonds. The molecule has 126 valence electrons. The Kier molecular flexibility index (Phi) is 4.04. The first kappa shape index (κ1) is 16.2. The van der Waals surface area contributed by atoms with Crippen molar-refractivity contribution in [3.8, 4) is 0 Å². The minimum atomic E-state index is -0.110. The van der Waals surface area contributed by atoms with E-state index in [1.54, 1.807) is 12.3 Å². The van der Waals surface area contributed by atoms with Crippen LogP contribution in [0.25, 0.3) is 11.4 Å². The maximum atomic E-state index is 12.3. The second-order valence-corrected chi connectivity index (χ2v) is 7.46. The van der Waals surface area contributed by atoms with E-state index in [0.29, 0.717) is 22.9 Å². The predicted molar refractivity (Wildman–Crippen MR) is 99.0 cm³/mol. The van der Waals surface area contributed by atoms with Gasteiger partial charge in [0.15, 0.2) is 5.16 Å². The van der Waals surface area contributed by atoms with Crippen molar-refractivity contribution in [2.24, 2.45) is 0 Å². The van der Waals surface area contributed by atoms with Crippen molar-refractivity contribution >= 4 is 39.1 Å². The van der Waals surface area contributed by atoms with Crippen LogP contribution < -0.4 is 5.56 Å². The summed E-state index contributed by atoms with van der Waals surface area (Å²) >= 11 is 4.84. The summed E-state index contributed by atoms with van der Waals surface area (Å²) < 4.78 is 4.25. The zero-order valence-corrected chi connectivity index (χ0v) is 15.9. The van der Waals surface area contributed by atoms with Gasteiger partial charge in [-0.3, -0.25) is 13.6 Å². The number of aromatic nitrogens is 6. The highest BCUT2D eigenvalue weighted by Crippen LogP contribution is 2.22. The summed E-state index contributed by atoms with van der Waals surface area (Å²) in [6.45, 7) is 3.92. The molecule has 4 rings (SSSR count). The number of halogens is 1. The van der Waals surface area contributed by atoms with Gasteiger partial charge in [0.2, 0.25) is 0 Å². The lowest BCUT2D eigenvalue weighted by atomic mass is 10.3. The lowest BCUT2D eigenvalue weighted by Crippen LogP contribution is -2.15. The normalized spacial score (nSPS) is 11.5. The van der Waals surface area contributed by atoms with Crippen molar-refractivity contribution in [3.05, 3.63) is 62.4 Å². The fourth-order valence-electron chi connectivity index (χ4n) is 2.63. The monoisotopic (exact) mass is 416 g/mol. The van der Waals surface area contributed by atoms with E-state index >= 15 is 0 Å². The molecule has 0 N–H and O–H groups in total. The standard InChI is InChI=1S/C16H13BrN6OS/c1-9-5-10(2)23-15(18-9)20-21-16(23)25-8-12-6-14(24)22-7-11(17)3-4-13(22)19-12/h3-7H,8H2,1-2H3. The van der Waals surface area contributed by atoms with Crippen LogP contribution in [0.1, 0.15) is 17.1 Å². The molecule has 4 aromatic rings. The quantitative estimate of drug-likeness (QED) is 0.477. The van der Waals surface area contributed by atoms with Gasteiger partial charge in [-0.05, 0) is 48.0 Å². The second-order valence-electron chi connectivity index (χ2n) is 5.61. The number of nitrogens with zero attached hydrogens (tertiary/aromatic N) is 6. The molecule has 0 aliphatic heterocycles. The van der Waals surface area contributed by atoms with Gasteiger partial charge in [-0.1, -0.05) is 11.8 Å². The summed E-state index contributed by atoms with van der Waals surface area (Å²) in [5.41, 5.74) is 3.13. The van der Waals surface area contributed by atoms with Crippen LogP contribution in [0.2, 0.25) is 0 Å². The Hall–Kier alpha value is -2.26. The highest BCUT2D eigenvalue weighted by atomic mass is 79.9. The van der Waals surface area contributed by atoms with Crippen molar-refractivity contribution < 1.29 is 0 Å². The predicted octanol–water partition coefficient (Wildman–Crippen LogP) is 2.80. The minimum absolute atomic E-state index is 0.110. The molecule has 25 heavy (non-hydrogen) atoms. The van der Waals surface area contributed by atoms with Crippen LogP contribution in [-0.2, 0) is 5.75 Å². The van der Waals surface area contributed by atoms with Crippen molar-refractivity contribution in [2.45, 2.75) is 24.8 Å². The highest BCUT2D eigenvalue weighted by Gasteiger charge is 2.11. The average molecular weight is 417 g/mol. The summed E-state index contributed by atoms with van der Waals surface area (Å²) in [5, 5.41) is 9.06. The lowest BCUT2D eigenvalue weighted by molar-refractivity contribution is 0.884. The molecule has 4 aromatic heterocycles. The van der Waals surface area contributed by atoms with Crippen LogP contribution >= 0.6 is 27.7 Å². The first-order chi connectivity index (χ1) is 12.0. The number of pyridine rings is 1. The number of hydrogen-bond acceptors (Lipinski definition) is 6. The van der Waals surface area contributed by atoms with Crippen LogP contribution in [0.5, 0.6) is 0 Å². The van der Waals surface area contributed by atoms with E-state index in [2.05, 4.69) is 36.1 Å². The molecule has 9 heteroatoms. The second kappa shape index (κ2) is 6.23. The van der Waals surface area contributed by atoms with E-state index in [1.807, 2.05) is 36.4 Å². The highest BCUT2D eigenvalue weighted by molar-refractivity contribution is 9.10. The number of hydrogen-bond donors (Lipinski definition) is 0. The Labute approximate surface area is 155 Å². The van der Waals surface area contributed by atoms with E-state index < -0.39 is 0 Å². The number of aryl methyl sites for hydroxylation is 2. The van der Waals surface area contributed by atoms with E-state index in [4.69, 9.17) is 0 Å². The van der Waals surface area contributed by atoms with Crippen LogP contribution in [0.4, 0.5) is 0 Å². The van der Waals surface area contributed by atoms with Gasteiger partial charge in [0.1, 0.15) is 5.65 Å². The van der Waals surface area contributed by atoms with Gasteiger partial charge < -0.3 is 0 Å². The molecule has 0 saturated carbocycles. The smallest absolute Gasteiger partial charge is 0.258 e. The third kappa shape index (κ3) is 3.05. The van der Waals surface area contributed by atoms with Crippen molar-refractivity contribution in [1.29, 1.82) is 0 Å². The van der Waals surface area contributed by atoms with E-state index in [9.17, 15) is 4.79 Å². The van der Waals surface area contributed by atoms with Gasteiger partial charge in [-0.15, -0.1) is 10.2 Å². The van der Waals surface area contributed by atoms with Crippen LogP contribution in [0, 0.1) is 13.8 Å². The molecule has 0 saturated heterocycles. The Morgan fingerprint density at radius 1 is 1.16 bits per heavy atom. The van der Waals surface area contributed by atoms with Crippen LogP contribution in [0.3, 0.4) is 0 Å². The molecule has 0 bridgehead atoms. The lowest BCUT2D eigenvalue weighted by Gasteiger charge is -2.05. The SMILES string of the molecule is Cc1cc(C)n2c(SCc3cc(=O)n4cc(Br)ccc4n3)nnc2n1.